The van der Waals surface area contributed by atoms with Gasteiger partial charge >= 0.3 is 0 Å². The summed E-state index contributed by atoms with van der Waals surface area (Å²) in [6, 6.07) is 0. The van der Waals surface area contributed by atoms with Gasteiger partial charge in [-0.25, -0.2) is 0 Å². The molecule has 0 saturated heterocycles. The molecule has 0 aromatic carbocycles. The van der Waals surface area contributed by atoms with E-state index in [1.165, 1.54) is 0 Å². The highest BCUT2D eigenvalue weighted by Crippen LogP contribution is 2.19. The van der Waals surface area contributed by atoms with Crippen LogP contribution in [0.1, 0.15) is 46.5 Å². The molecule has 0 aromatic heterocycles. The molecule has 0 heterocycles. The van der Waals surface area contributed by atoms with Gasteiger partial charge in [0.25, 0.3) is 0 Å². The third-order valence-corrected chi connectivity index (χ3v) is 2.62. The van der Waals surface area contributed by atoms with Gasteiger partial charge in [-0.1, -0.05) is 20.8 Å². The van der Waals surface area contributed by atoms with Crippen LogP contribution in [0, 0.1) is 0 Å². The largest absolute Gasteiger partial charge is 0.370 e. The van der Waals surface area contributed by atoms with E-state index in [4.69, 9.17) is 5.73 Å². The van der Waals surface area contributed by atoms with Crippen LogP contribution in [0.4, 0.5) is 0 Å². The van der Waals surface area contributed by atoms with Crippen LogP contribution in [0.25, 0.3) is 0 Å². The zero-order chi connectivity index (χ0) is 10.3. The Labute approximate surface area is 81.1 Å². The third-order valence-electron chi connectivity index (χ3n) is 2.62. The molecule has 0 rings (SSSR count). The first-order valence-electron chi connectivity index (χ1n) is 5.13. The standard InChI is InChI=1S/C10H22N2O/c1-4-7-12-10(5-2,6-3)8-9(11)13/h12H,4-8H2,1-3H3,(H2,11,13). The summed E-state index contributed by atoms with van der Waals surface area (Å²) in [5.41, 5.74) is 5.15. The molecule has 0 aromatic rings. The molecule has 0 bridgehead atoms. The second-order valence-electron chi connectivity index (χ2n) is 3.56. The molecule has 13 heavy (non-hydrogen) atoms. The van der Waals surface area contributed by atoms with Gasteiger partial charge in [-0.05, 0) is 25.8 Å². The Bertz CT molecular complexity index is 153. The van der Waals surface area contributed by atoms with Crippen LogP contribution in [0.2, 0.25) is 0 Å². The van der Waals surface area contributed by atoms with Crippen LogP contribution >= 0.6 is 0 Å². The normalized spacial score (nSPS) is 11.6. The van der Waals surface area contributed by atoms with E-state index in [0.717, 1.165) is 25.8 Å². The molecule has 0 unspecified atom stereocenters. The van der Waals surface area contributed by atoms with Gasteiger partial charge in [0.2, 0.25) is 5.91 Å². The summed E-state index contributed by atoms with van der Waals surface area (Å²) in [5.74, 6) is -0.215. The number of amides is 1. The van der Waals surface area contributed by atoms with Gasteiger partial charge < -0.3 is 11.1 Å². The Balaban J connectivity index is 4.21. The molecule has 3 nitrogen and oxygen atoms in total. The smallest absolute Gasteiger partial charge is 0.219 e. The SMILES string of the molecule is CCCNC(CC)(CC)CC(N)=O. The van der Waals surface area contributed by atoms with Gasteiger partial charge in [-0.2, -0.15) is 0 Å². The minimum atomic E-state index is -0.215. The van der Waals surface area contributed by atoms with Crippen molar-refractivity contribution in [1.82, 2.24) is 5.32 Å². The van der Waals surface area contributed by atoms with Crippen LogP contribution in [-0.4, -0.2) is 18.0 Å². The van der Waals surface area contributed by atoms with Crippen LogP contribution in [0.15, 0.2) is 0 Å². The van der Waals surface area contributed by atoms with Gasteiger partial charge in [0.05, 0.1) is 0 Å². The first-order chi connectivity index (χ1) is 6.10. The first-order valence-corrected chi connectivity index (χ1v) is 5.13. The minimum Gasteiger partial charge on any atom is -0.370 e. The highest BCUT2D eigenvalue weighted by atomic mass is 16.1. The highest BCUT2D eigenvalue weighted by Gasteiger charge is 2.26. The van der Waals surface area contributed by atoms with Gasteiger partial charge in [-0.15, -0.1) is 0 Å². The van der Waals surface area contributed by atoms with Crippen LogP contribution in [0.3, 0.4) is 0 Å². The summed E-state index contributed by atoms with van der Waals surface area (Å²) in [6.45, 7) is 7.26. The van der Waals surface area contributed by atoms with Gasteiger partial charge in [0, 0.05) is 12.0 Å². The lowest BCUT2D eigenvalue weighted by atomic mass is 9.88. The molecule has 0 aliphatic rings. The maximum Gasteiger partial charge on any atom is 0.219 e. The molecule has 0 saturated carbocycles. The Morgan fingerprint density at radius 2 is 1.85 bits per heavy atom. The number of carbonyl (C=O) groups excluding carboxylic acids is 1. The van der Waals surface area contributed by atoms with Gasteiger partial charge in [0.1, 0.15) is 0 Å². The Morgan fingerprint density at radius 3 is 2.15 bits per heavy atom. The second-order valence-corrected chi connectivity index (χ2v) is 3.56. The zero-order valence-electron chi connectivity index (χ0n) is 9.02. The quantitative estimate of drug-likeness (QED) is 0.632. The maximum absolute atomic E-state index is 10.9. The van der Waals surface area contributed by atoms with E-state index in [1.807, 2.05) is 0 Å². The summed E-state index contributed by atoms with van der Waals surface area (Å²) >= 11 is 0. The molecule has 0 fully saturated rings. The van der Waals surface area contributed by atoms with Crippen molar-refractivity contribution in [2.75, 3.05) is 6.54 Å². The van der Waals surface area contributed by atoms with Crippen LogP contribution in [-0.2, 0) is 4.79 Å². The fourth-order valence-electron chi connectivity index (χ4n) is 1.54. The molecule has 0 aliphatic heterocycles. The van der Waals surface area contributed by atoms with Crippen molar-refractivity contribution in [3.8, 4) is 0 Å². The summed E-state index contributed by atoms with van der Waals surface area (Å²) in [6.07, 6.45) is 3.43. The molecule has 1 amide bonds. The Hall–Kier alpha value is -0.570. The predicted molar refractivity (Wildman–Crippen MR) is 55.4 cm³/mol. The average molecular weight is 186 g/mol. The van der Waals surface area contributed by atoms with E-state index in [-0.39, 0.29) is 11.4 Å². The summed E-state index contributed by atoms with van der Waals surface area (Å²) < 4.78 is 0. The zero-order valence-corrected chi connectivity index (χ0v) is 9.02. The van der Waals surface area contributed by atoms with Crippen LogP contribution in [0.5, 0.6) is 0 Å². The molecule has 78 valence electrons. The molecule has 3 heteroatoms. The monoisotopic (exact) mass is 186 g/mol. The number of nitrogens with one attached hydrogen (secondary N) is 1. The predicted octanol–water partition coefficient (Wildman–Crippen LogP) is 1.42. The fourth-order valence-corrected chi connectivity index (χ4v) is 1.54. The highest BCUT2D eigenvalue weighted by molar-refractivity contribution is 5.75. The fraction of sp³-hybridized carbons (Fsp3) is 0.900. The molecule has 0 spiro atoms. The van der Waals surface area contributed by atoms with Crippen molar-refractivity contribution < 1.29 is 4.79 Å². The van der Waals surface area contributed by atoms with Gasteiger partial charge in [0.15, 0.2) is 0 Å². The lowest BCUT2D eigenvalue weighted by Crippen LogP contribution is -2.47. The molecule has 0 aliphatic carbocycles. The number of carbonyl (C=O) groups is 1. The minimum absolute atomic E-state index is 0.0676. The summed E-state index contributed by atoms with van der Waals surface area (Å²) in [7, 11) is 0. The maximum atomic E-state index is 10.9. The van der Waals surface area contributed by atoms with E-state index < -0.39 is 0 Å². The summed E-state index contributed by atoms with van der Waals surface area (Å²) in [4.78, 5) is 10.9. The van der Waals surface area contributed by atoms with Crippen molar-refractivity contribution >= 4 is 5.91 Å². The Kier molecular flexibility index (Phi) is 5.71. The van der Waals surface area contributed by atoms with E-state index in [2.05, 4.69) is 26.1 Å². The van der Waals surface area contributed by atoms with E-state index in [1.54, 1.807) is 0 Å². The molecule has 0 radical (unpaired) electrons. The summed E-state index contributed by atoms with van der Waals surface area (Å²) in [5, 5.41) is 3.41. The number of primary amides is 1. The van der Waals surface area contributed by atoms with E-state index in [0.29, 0.717) is 6.42 Å². The molecular formula is C10H22N2O. The van der Waals surface area contributed by atoms with Gasteiger partial charge in [-0.3, -0.25) is 4.79 Å². The van der Waals surface area contributed by atoms with Crippen molar-refractivity contribution in [2.45, 2.75) is 52.0 Å². The first kappa shape index (κ1) is 12.4. The molecular weight excluding hydrogens is 164 g/mol. The van der Waals surface area contributed by atoms with Crippen molar-refractivity contribution in [1.29, 1.82) is 0 Å². The molecule has 0 atom stereocenters. The number of hydrogen-bond donors (Lipinski definition) is 2. The molecule has 3 N–H and O–H groups in total. The number of rotatable bonds is 7. The topological polar surface area (TPSA) is 55.1 Å². The van der Waals surface area contributed by atoms with E-state index >= 15 is 0 Å². The second kappa shape index (κ2) is 5.97. The van der Waals surface area contributed by atoms with Crippen LogP contribution < -0.4 is 11.1 Å². The van der Waals surface area contributed by atoms with Crippen molar-refractivity contribution in [3.63, 3.8) is 0 Å². The van der Waals surface area contributed by atoms with Crippen molar-refractivity contribution in [2.24, 2.45) is 5.73 Å². The van der Waals surface area contributed by atoms with E-state index in [9.17, 15) is 4.79 Å². The third kappa shape index (κ3) is 4.27. The average Bonchev–Trinajstić information content (AvgIpc) is 2.12. The lowest BCUT2D eigenvalue weighted by molar-refractivity contribution is -0.119. The number of nitrogens with two attached hydrogens (primary N) is 1. The lowest BCUT2D eigenvalue weighted by Gasteiger charge is -2.31. The number of hydrogen-bond acceptors (Lipinski definition) is 2. The Morgan fingerprint density at radius 1 is 1.31 bits per heavy atom. The van der Waals surface area contributed by atoms with Crippen molar-refractivity contribution in [3.05, 3.63) is 0 Å².